The van der Waals surface area contributed by atoms with Gasteiger partial charge < -0.3 is 4.74 Å². The van der Waals surface area contributed by atoms with Gasteiger partial charge in [-0.25, -0.2) is 0 Å². The zero-order chi connectivity index (χ0) is 18.4. The molecule has 2 aromatic carbocycles. The van der Waals surface area contributed by atoms with Crippen LogP contribution in [-0.2, 0) is 11.2 Å². The van der Waals surface area contributed by atoms with E-state index in [0.717, 1.165) is 37.0 Å². The van der Waals surface area contributed by atoms with Crippen LogP contribution in [0.1, 0.15) is 74.0 Å². The Balaban J connectivity index is 1.56. The molecule has 2 aromatic rings. The van der Waals surface area contributed by atoms with Crippen LogP contribution in [0.15, 0.2) is 48.5 Å². The maximum absolute atomic E-state index is 12.1. The average Bonchev–Trinajstić information content (AvgIpc) is 3.11. The summed E-state index contributed by atoms with van der Waals surface area (Å²) in [5, 5.41) is 0. The van der Waals surface area contributed by atoms with Crippen LogP contribution in [0.25, 0.3) is 0 Å². The Bertz CT molecular complexity index is 720. The second-order valence-corrected chi connectivity index (χ2v) is 7.58. The maximum atomic E-state index is 12.1. The first-order chi connectivity index (χ1) is 12.7. The summed E-state index contributed by atoms with van der Waals surface area (Å²) in [6, 6.07) is 17.2. The fraction of sp³-hybridized carbons (Fsp3) is 0.458. The summed E-state index contributed by atoms with van der Waals surface area (Å²) in [4.78, 5) is 12.1. The topological polar surface area (TPSA) is 26.3 Å². The molecule has 2 unspecified atom stereocenters. The molecular formula is C24H30O2. The number of unbranched alkanes of at least 4 members (excludes halogenated alkanes) is 1. The second kappa shape index (κ2) is 9.02. The highest BCUT2D eigenvalue weighted by atomic mass is 16.5. The van der Waals surface area contributed by atoms with Crippen LogP contribution in [0.4, 0.5) is 0 Å². The second-order valence-electron chi connectivity index (χ2n) is 7.58. The van der Waals surface area contributed by atoms with Gasteiger partial charge in [-0.05, 0) is 66.8 Å². The number of rotatable bonds is 8. The molecule has 3 rings (SSSR count). The lowest BCUT2D eigenvalue weighted by Gasteiger charge is -2.14. The summed E-state index contributed by atoms with van der Waals surface area (Å²) < 4.78 is 5.48. The van der Waals surface area contributed by atoms with Crippen LogP contribution in [0.5, 0.6) is 5.75 Å². The molecule has 1 saturated carbocycles. The Hall–Kier alpha value is -2.09. The highest BCUT2D eigenvalue weighted by Gasteiger charge is 2.26. The van der Waals surface area contributed by atoms with Gasteiger partial charge in [0.05, 0.1) is 7.11 Å². The lowest BCUT2D eigenvalue weighted by Crippen LogP contribution is -2.05. The minimum Gasteiger partial charge on any atom is -0.497 e. The molecule has 0 spiro atoms. The molecule has 0 aromatic heterocycles. The fourth-order valence-electron chi connectivity index (χ4n) is 4.05. The maximum Gasteiger partial charge on any atom is 0.140 e. The summed E-state index contributed by atoms with van der Waals surface area (Å²) in [6.45, 7) is 2.31. The third-order valence-electron chi connectivity index (χ3n) is 5.65. The van der Waals surface area contributed by atoms with Gasteiger partial charge in [-0.3, -0.25) is 4.79 Å². The van der Waals surface area contributed by atoms with Gasteiger partial charge in [0, 0.05) is 12.3 Å². The average molecular weight is 351 g/mol. The lowest BCUT2D eigenvalue weighted by molar-refractivity contribution is -0.118. The summed E-state index contributed by atoms with van der Waals surface area (Å²) in [5.74, 6) is 1.96. The van der Waals surface area contributed by atoms with Crippen molar-refractivity contribution in [3.05, 3.63) is 65.2 Å². The first-order valence-corrected chi connectivity index (χ1v) is 9.93. The van der Waals surface area contributed by atoms with E-state index < -0.39 is 0 Å². The van der Waals surface area contributed by atoms with E-state index in [1.165, 1.54) is 30.4 Å². The van der Waals surface area contributed by atoms with E-state index in [4.69, 9.17) is 4.74 Å². The lowest BCUT2D eigenvalue weighted by atomic mass is 9.92. The zero-order valence-corrected chi connectivity index (χ0v) is 16.0. The molecule has 2 atom stereocenters. The monoisotopic (exact) mass is 350 g/mol. The molecule has 0 heterocycles. The van der Waals surface area contributed by atoms with Gasteiger partial charge in [0.1, 0.15) is 11.5 Å². The van der Waals surface area contributed by atoms with Gasteiger partial charge >= 0.3 is 0 Å². The van der Waals surface area contributed by atoms with Crippen LogP contribution < -0.4 is 4.74 Å². The molecule has 1 fully saturated rings. The van der Waals surface area contributed by atoms with Crippen molar-refractivity contribution >= 4 is 5.78 Å². The SMILES string of the molecule is COc1cc(CCCCC(C)c2ccccc2)cc(C2CCCC2=O)c1. The molecule has 0 radical (unpaired) electrons. The quantitative estimate of drug-likeness (QED) is 0.542. The molecule has 26 heavy (non-hydrogen) atoms. The molecule has 0 bridgehead atoms. The van der Waals surface area contributed by atoms with E-state index in [2.05, 4.69) is 55.5 Å². The van der Waals surface area contributed by atoms with Crippen LogP contribution >= 0.6 is 0 Å². The first kappa shape index (κ1) is 18.7. The highest BCUT2D eigenvalue weighted by molar-refractivity contribution is 5.87. The number of Topliss-reactive ketones (excluding diaryl/α,β-unsaturated/α-hetero) is 1. The van der Waals surface area contributed by atoms with Gasteiger partial charge in [0.25, 0.3) is 0 Å². The van der Waals surface area contributed by atoms with E-state index in [9.17, 15) is 4.79 Å². The number of ether oxygens (including phenoxy) is 1. The van der Waals surface area contributed by atoms with E-state index in [1.807, 2.05) is 0 Å². The van der Waals surface area contributed by atoms with E-state index in [-0.39, 0.29) is 5.92 Å². The number of benzene rings is 2. The number of carbonyl (C=O) groups is 1. The van der Waals surface area contributed by atoms with Crippen molar-refractivity contribution in [3.63, 3.8) is 0 Å². The summed E-state index contributed by atoms with van der Waals surface area (Å²) in [5.41, 5.74) is 3.88. The molecule has 2 nitrogen and oxygen atoms in total. The van der Waals surface area contributed by atoms with Gasteiger partial charge in [-0.15, -0.1) is 0 Å². The van der Waals surface area contributed by atoms with Crippen molar-refractivity contribution in [3.8, 4) is 5.75 Å². The fourth-order valence-corrected chi connectivity index (χ4v) is 4.05. The molecule has 1 aliphatic carbocycles. The Labute approximate surface area is 157 Å². The minimum absolute atomic E-state index is 0.0851. The third kappa shape index (κ3) is 4.75. The Kier molecular flexibility index (Phi) is 6.49. The third-order valence-corrected chi connectivity index (χ3v) is 5.65. The zero-order valence-electron chi connectivity index (χ0n) is 16.0. The molecule has 138 valence electrons. The van der Waals surface area contributed by atoms with Crippen molar-refractivity contribution in [1.29, 1.82) is 0 Å². The highest BCUT2D eigenvalue weighted by Crippen LogP contribution is 2.34. The number of carbonyl (C=O) groups excluding carboxylic acids is 1. The van der Waals surface area contributed by atoms with Crippen LogP contribution in [0.3, 0.4) is 0 Å². The number of ketones is 1. The van der Waals surface area contributed by atoms with Crippen LogP contribution in [0.2, 0.25) is 0 Å². The molecular weight excluding hydrogens is 320 g/mol. The van der Waals surface area contributed by atoms with Gasteiger partial charge in [0.2, 0.25) is 0 Å². The van der Waals surface area contributed by atoms with E-state index in [0.29, 0.717) is 11.7 Å². The number of aryl methyl sites for hydroxylation is 1. The molecule has 1 aliphatic rings. The number of methoxy groups -OCH3 is 1. The van der Waals surface area contributed by atoms with Crippen molar-refractivity contribution < 1.29 is 9.53 Å². The molecule has 0 amide bonds. The van der Waals surface area contributed by atoms with E-state index >= 15 is 0 Å². The molecule has 2 heteroatoms. The standard InChI is InChI=1S/C24H30O2/c1-18(20-11-4-3-5-12-20)9-6-7-10-19-15-21(17-22(16-19)26-2)23-13-8-14-24(23)25/h3-5,11-12,15-18,23H,6-10,13-14H2,1-2H3. The van der Waals surface area contributed by atoms with Crippen molar-refractivity contribution in [1.82, 2.24) is 0 Å². The normalized spacial score (nSPS) is 18.1. The predicted octanol–water partition coefficient (Wildman–Crippen LogP) is 6.05. The van der Waals surface area contributed by atoms with Crippen molar-refractivity contribution in [2.75, 3.05) is 7.11 Å². The van der Waals surface area contributed by atoms with Crippen molar-refractivity contribution in [2.24, 2.45) is 0 Å². The van der Waals surface area contributed by atoms with Gasteiger partial charge in [-0.1, -0.05) is 49.7 Å². The largest absolute Gasteiger partial charge is 0.497 e. The Morgan fingerprint density at radius 2 is 1.92 bits per heavy atom. The Morgan fingerprint density at radius 1 is 1.12 bits per heavy atom. The molecule has 0 N–H and O–H groups in total. The first-order valence-electron chi connectivity index (χ1n) is 9.93. The molecule has 0 aliphatic heterocycles. The van der Waals surface area contributed by atoms with Gasteiger partial charge in [-0.2, -0.15) is 0 Å². The summed E-state index contributed by atoms with van der Waals surface area (Å²) in [6.07, 6.45) is 7.38. The van der Waals surface area contributed by atoms with E-state index in [1.54, 1.807) is 7.11 Å². The minimum atomic E-state index is 0.0851. The van der Waals surface area contributed by atoms with Crippen LogP contribution in [-0.4, -0.2) is 12.9 Å². The summed E-state index contributed by atoms with van der Waals surface area (Å²) >= 11 is 0. The predicted molar refractivity (Wildman–Crippen MR) is 107 cm³/mol. The Morgan fingerprint density at radius 3 is 2.62 bits per heavy atom. The number of hydrogen-bond donors (Lipinski definition) is 0. The summed E-state index contributed by atoms with van der Waals surface area (Å²) in [7, 11) is 1.71. The smallest absolute Gasteiger partial charge is 0.140 e. The number of hydrogen-bond acceptors (Lipinski definition) is 2. The van der Waals surface area contributed by atoms with Crippen molar-refractivity contribution in [2.45, 2.75) is 63.7 Å². The molecule has 0 saturated heterocycles. The van der Waals surface area contributed by atoms with Crippen LogP contribution in [0, 0.1) is 0 Å². The van der Waals surface area contributed by atoms with Gasteiger partial charge in [0.15, 0.2) is 0 Å².